The number of benzene rings is 8. The Balaban J connectivity index is 1.14. The van der Waals surface area contributed by atoms with E-state index in [4.69, 9.17) is 27.3 Å². The molecular weight excluding hydrogens is 669 g/mol. The van der Waals surface area contributed by atoms with Gasteiger partial charge in [0.15, 0.2) is 17.5 Å². The van der Waals surface area contributed by atoms with Crippen LogP contribution in [0.5, 0.6) is 0 Å². The lowest BCUT2D eigenvalue weighted by Crippen LogP contribution is -2.00. The summed E-state index contributed by atoms with van der Waals surface area (Å²) in [6.07, 6.45) is 0. The monoisotopic (exact) mass is 714 g/mol. The molecule has 0 aliphatic carbocycles. The maximum Gasteiger partial charge on any atom is 0.164 e. The van der Waals surface area contributed by atoms with Crippen LogP contribution >= 0.6 is 0 Å². The van der Waals surface area contributed by atoms with E-state index in [0.717, 1.165) is 37.9 Å². The van der Waals surface area contributed by atoms with E-state index in [-0.39, 0.29) is 27.4 Å². The molecule has 0 amide bonds. The standard InChI is InChI=1S/C51H34N4/c1-4-12-35(13-5-1)37-20-26-40(27-21-37)49-52-50(41-28-22-38(23-29-41)36-14-6-2-7-15-36)54-51(53-49)42-30-24-39(25-31-42)43-32-33-46-45-18-10-11-19-47(45)55(48(46)34-43)44-16-8-3-9-17-44/h1-34H/i3D,8D,9D,10D,11D,16D,17D,18D,19D,32D,33D,34D. The van der Waals surface area contributed by atoms with Crippen molar-refractivity contribution in [1.29, 1.82) is 0 Å². The van der Waals surface area contributed by atoms with E-state index >= 15 is 0 Å². The first-order valence-corrected chi connectivity index (χ1v) is 17.5. The van der Waals surface area contributed by atoms with Gasteiger partial charge in [-0.05, 0) is 57.6 Å². The van der Waals surface area contributed by atoms with Crippen molar-refractivity contribution in [3.63, 3.8) is 0 Å². The number of rotatable bonds is 7. The van der Waals surface area contributed by atoms with E-state index in [1.165, 1.54) is 0 Å². The summed E-state index contributed by atoms with van der Waals surface area (Å²) in [6.45, 7) is 0. The van der Waals surface area contributed by atoms with E-state index in [9.17, 15) is 4.11 Å². The van der Waals surface area contributed by atoms with Gasteiger partial charge in [-0.15, -0.1) is 0 Å². The highest BCUT2D eigenvalue weighted by Gasteiger charge is 2.15. The molecule has 0 fully saturated rings. The molecule has 2 heterocycles. The van der Waals surface area contributed by atoms with E-state index in [1.54, 1.807) is 24.3 Å². The minimum Gasteiger partial charge on any atom is -0.309 e. The summed E-state index contributed by atoms with van der Waals surface area (Å²) in [6, 6.07) is 35.4. The fourth-order valence-electron chi connectivity index (χ4n) is 6.67. The van der Waals surface area contributed by atoms with E-state index < -0.39 is 78.2 Å². The highest BCUT2D eigenvalue weighted by molar-refractivity contribution is 6.10. The fraction of sp³-hybridized carbons (Fsp3) is 0. The largest absolute Gasteiger partial charge is 0.309 e. The average Bonchev–Trinajstić information content (AvgIpc) is 3.72. The van der Waals surface area contributed by atoms with Gasteiger partial charge in [0.05, 0.1) is 27.5 Å². The lowest BCUT2D eigenvalue weighted by Gasteiger charge is -2.11. The molecule has 10 rings (SSSR count). The van der Waals surface area contributed by atoms with E-state index in [0.29, 0.717) is 28.6 Å². The quantitative estimate of drug-likeness (QED) is 0.165. The van der Waals surface area contributed by atoms with Gasteiger partial charge in [-0.2, -0.15) is 0 Å². The molecule has 0 saturated heterocycles. The van der Waals surface area contributed by atoms with Gasteiger partial charge in [0, 0.05) is 33.2 Å². The number of hydrogen-bond donors (Lipinski definition) is 0. The van der Waals surface area contributed by atoms with Crippen molar-refractivity contribution in [3.05, 3.63) is 206 Å². The molecule has 2 aromatic heterocycles. The molecule has 0 unspecified atom stereocenters. The Morgan fingerprint density at radius 1 is 0.327 bits per heavy atom. The van der Waals surface area contributed by atoms with Crippen LogP contribution in [0.4, 0.5) is 0 Å². The number of para-hydroxylation sites is 2. The van der Waals surface area contributed by atoms with Crippen LogP contribution in [0, 0.1) is 0 Å². The zero-order chi connectivity index (χ0) is 47.0. The smallest absolute Gasteiger partial charge is 0.164 e. The second-order valence-corrected chi connectivity index (χ2v) is 12.8. The number of nitrogens with zero attached hydrogens (tertiary/aromatic N) is 4. The Morgan fingerprint density at radius 3 is 1.24 bits per heavy atom. The zero-order valence-electron chi connectivity index (χ0n) is 41.0. The second kappa shape index (κ2) is 13.8. The summed E-state index contributed by atoms with van der Waals surface area (Å²) in [5, 5.41) is -0.407. The molecule has 0 radical (unpaired) electrons. The van der Waals surface area contributed by atoms with Crippen LogP contribution in [-0.4, -0.2) is 19.5 Å². The molecule has 0 spiro atoms. The zero-order valence-corrected chi connectivity index (χ0v) is 29.0. The van der Waals surface area contributed by atoms with Crippen molar-refractivity contribution in [2.75, 3.05) is 0 Å². The summed E-state index contributed by atoms with van der Waals surface area (Å²) in [4.78, 5) is 14.8. The van der Waals surface area contributed by atoms with Crippen molar-refractivity contribution >= 4 is 21.8 Å². The van der Waals surface area contributed by atoms with Crippen molar-refractivity contribution in [1.82, 2.24) is 19.5 Å². The Kier molecular flexibility index (Phi) is 5.52. The van der Waals surface area contributed by atoms with Gasteiger partial charge >= 0.3 is 0 Å². The lowest BCUT2D eigenvalue weighted by atomic mass is 10.0. The molecule has 4 heteroatoms. The van der Waals surface area contributed by atoms with Gasteiger partial charge in [-0.3, -0.25) is 0 Å². The molecule has 0 atom stereocenters. The molecular formula is C51H34N4. The summed E-state index contributed by atoms with van der Waals surface area (Å²) < 4.78 is 107. The van der Waals surface area contributed by atoms with Crippen LogP contribution < -0.4 is 0 Å². The molecule has 0 aliphatic rings. The predicted octanol–water partition coefficient (Wildman–Crippen LogP) is 13.0. The molecule has 0 bridgehead atoms. The van der Waals surface area contributed by atoms with Gasteiger partial charge in [0.2, 0.25) is 0 Å². The van der Waals surface area contributed by atoms with Gasteiger partial charge < -0.3 is 4.57 Å². The van der Waals surface area contributed by atoms with Crippen LogP contribution in [0.2, 0.25) is 0 Å². The average molecular weight is 715 g/mol. The molecule has 258 valence electrons. The number of aromatic nitrogens is 4. The highest BCUT2D eigenvalue weighted by atomic mass is 15.0. The minimum absolute atomic E-state index is 0.0511. The third-order valence-electron chi connectivity index (χ3n) is 9.44. The van der Waals surface area contributed by atoms with E-state index in [1.807, 2.05) is 109 Å². The maximum absolute atomic E-state index is 9.65. The van der Waals surface area contributed by atoms with Crippen molar-refractivity contribution in [3.8, 4) is 73.2 Å². The Labute approximate surface area is 336 Å². The van der Waals surface area contributed by atoms with Gasteiger partial charge in [-0.1, -0.05) is 182 Å². The summed E-state index contributed by atoms with van der Waals surface area (Å²) in [5.74, 6) is 1.19. The molecule has 8 aromatic carbocycles. The summed E-state index contributed by atoms with van der Waals surface area (Å²) >= 11 is 0. The van der Waals surface area contributed by atoms with Crippen LogP contribution in [0.3, 0.4) is 0 Å². The van der Waals surface area contributed by atoms with Gasteiger partial charge in [0.1, 0.15) is 0 Å². The van der Waals surface area contributed by atoms with Crippen molar-refractivity contribution in [2.24, 2.45) is 0 Å². The highest BCUT2D eigenvalue weighted by Crippen LogP contribution is 2.36. The number of hydrogen-bond acceptors (Lipinski definition) is 3. The Morgan fingerprint density at radius 2 is 0.727 bits per heavy atom. The third kappa shape index (κ3) is 6.16. The molecule has 55 heavy (non-hydrogen) atoms. The third-order valence-corrected chi connectivity index (χ3v) is 9.44. The van der Waals surface area contributed by atoms with Gasteiger partial charge in [0.25, 0.3) is 0 Å². The van der Waals surface area contributed by atoms with Crippen LogP contribution in [0.25, 0.3) is 95.0 Å². The molecule has 0 saturated carbocycles. The first-order valence-electron chi connectivity index (χ1n) is 23.5. The van der Waals surface area contributed by atoms with Crippen molar-refractivity contribution in [2.45, 2.75) is 0 Å². The molecule has 4 nitrogen and oxygen atoms in total. The topological polar surface area (TPSA) is 43.6 Å². The molecule has 0 aliphatic heterocycles. The molecule has 0 N–H and O–H groups in total. The predicted molar refractivity (Wildman–Crippen MR) is 227 cm³/mol. The van der Waals surface area contributed by atoms with Crippen molar-refractivity contribution < 1.29 is 16.4 Å². The first-order chi connectivity index (χ1) is 32.2. The minimum atomic E-state index is -0.699. The fourth-order valence-corrected chi connectivity index (χ4v) is 6.67. The Hall–Kier alpha value is -7.43. The second-order valence-electron chi connectivity index (χ2n) is 12.8. The van der Waals surface area contributed by atoms with Crippen LogP contribution in [-0.2, 0) is 0 Å². The Bertz CT molecular complexity index is 3490. The lowest BCUT2D eigenvalue weighted by molar-refractivity contribution is 1.07. The summed E-state index contributed by atoms with van der Waals surface area (Å²) in [7, 11) is 0. The summed E-state index contributed by atoms with van der Waals surface area (Å²) in [5.41, 5.74) is 5.55. The SMILES string of the molecule is [2H]c1c([2H])c([2H])c(-n2c3c([2H])c([2H])c([2H])c([2H])c3c3c([2H])c([2H])c(-c4ccc(-c5nc(-c6ccc(-c7ccccc7)cc6)nc(-c6ccc(-c7ccccc7)cc6)n5)cc4)c([2H])c32)c([2H])c1[2H]. The van der Waals surface area contributed by atoms with Gasteiger partial charge in [-0.25, -0.2) is 15.0 Å². The number of fused-ring (bicyclic) bond motifs is 3. The molecule has 10 aromatic rings. The maximum atomic E-state index is 9.65. The van der Waals surface area contributed by atoms with E-state index in [2.05, 4.69) is 0 Å². The first kappa shape index (κ1) is 21.9. The van der Waals surface area contributed by atoms with Crippen LogP contribution in [0.15, 0.2) is 206 Å². The van der Waals surface area contributed by atoms with Crippen LogP contribution in [0.1, 0.15) is 16.4 Å². The normalized spacial score (nSPS) is 14.3.